The van der Waals surface area contributed by atoms with E-state index < -0.39 is 0 Å². The first-order valence-corrected chi connectivity index (χ1v) is 13.1. The smallest absolute Gasteiger partial charge is 0.254 e. The molecule has 3 aromatic carbocycles. The van der Waals surface area contributed by atoms with Crippen molar-refractivity contribution in [2.24, 2.45) is 0 Å². The second kappa shape index (κ2) is 10.7. The molecule has 0 aliphatic carbocycles. The maximum absolute atomic E-state index is 14.2. The Morgan fingerprint density at radius 2 is 1.59 bits per heavy atom. The van der Waals surface area contributed by atoms with Gasteiger partial charge in [0.15, 0.2) is 0 Å². The van der Waals surface area contributed by atoms with Crippen LogP contribution in [0.25, 0.3) is 5.69 Å². The number of fused-ring (bicyclic) bond motifs is 3. The first kappa shape index (κ1) is 24.8. The van der Waals surface area contributed by atoms with E-state index in [1.54, 1.807) is 29.2 Å². The van der Waals surface area contributed by atoms with E-state index in [1.165, 1.54) is 0 Å². The van der Waals surface area contributed by atoms with Gasteiger partial charge in [0.1, 0.15) is 12.6 Å². The molecule has 1 aliphatic heterocycles. The number of aryl methyl sites for hydroxylation is 1. The molecule has 5 rings (SSSR count). The van der Waals surface area contributed by atoms with Crippen molar-refractivity contribution in [3.8, 4) is 5.69 Å². The summed E-state index contributed by atoms with van der Waals surface area (Å²) in [6.07, 6.45) is 3.77. The molecule has 1 aromatic heterocycles. The van der Waals surface area contributed by atoms with Crippen molar-refractivity contribution in [3.63, 3.8) is 0 Å². The molecule has 1 aliphatic rings. The summed E-state index contributed by atoms with van der Waals surface area (Å²) in [6.45, 7) is 4.62. The van der Waals surface area contributed by atoms with E-state index in [0.717, 1.165) is 41.0 Å². The predicted molar refractivity (Wildman–Crippen MR) is 149 cm³/mol. The van der Waals surface area contributed by atoms with Crippen LogP contribution in [0.3, 0.4) is 0 Å². The van der Waals surface area contributed by atoms with Gasteiger partial charge < -0.3 is 9.47 Å². The summed E-state index contributed by atoms with van der Waals surface area (Å²) in [4.78, 5) is 31.2. The molecule has 0 bridgehead atoms. The lowest BCUT2D eigenvalue weighted by Gasteiger charge is -2.39. The van der Waals surface area contributed by atoms with E-state index in [1.807, 2.05) is 41.4 Å². The van der Waals surface area contributed by atoms with Crippen LogP contribution in [0.5, 0.6) is 0 Å². The zero-order chi connectivity index (χ0) is 25.9. The highest BCUT2D eigenvalue weighted by Crippen LogP contribution is 2.42. The van der Waals surface area contributed by atoms with Crippen LogP contribution >= 0.6 is 11.6 Å². The Labute approximate surface area is 222 Å². The van der Waals surface area contributed by atoms with Gasteiger partial charge in [-0.15, -0.1) is 0 Å². The number of halogens is 1. The predicted octanol–water partition coefficient (Wildman–Crippen LogP) is 6.82. The van der Waals surface area contributed by atoms with Crippen molar-refractivity contribution >= 4 is 29.1 Å². The fourth-order valence-corrected chi connectivity index (χ4v) is 5.07. The van der Waals surface area contributed by atoms with Gasteiger partial charge in [0.05, 0.1) is 17.1 Å². The summed E-state index contributed by atoms with van der Waals surface area (Å²) in [6, 6.07) is 26.9. The van der Waals surface area contributed by atoms with Crippen LogP contribution in [0.15, 0.2) is 91.1 Å². The molecule has 1 atom stereocenters. The lowest BCUT2D eigenvalue weighted by Crippen LogP contribution is -2.47. The van der Waals surface area contributed by atoms with E-state index in [0.29, 0.717) is 17.1 Å². The van der Waals surface area contributed by atoms with E-state index in [4.69, 9.17) is 11.6 Å². The van der Waals surface area contributed by atoms with Gasteiger partial charge in [0.2, 0.25) is 5.91 Å². The second-order valence-corrected chi connectivity index (χ2v) is 9.89. The molecule has 0 saturated carbocycles. The molecule has 6 heteroatoms. The zero-order valence-electron chi connectivity index (χ0n) is 21.1. The summed E-state index contributed by atoms with van der Waals surface area (Å²) in [5.41, 5.74) is 5.50. The first-order valence-electron chi connectivity index (χ1n) is 12.7. The second-order valence-electron chi connectivity index (χ2n) is 9.46. The van der Waals surface area contributed by atoms with Crippen LogP contribution in [-0.2, 0) is 4.79 Å². The molecule has 37 heavy (non-hydrogen) atoms. The number of amides is 2. The SMILES string of the molecule is CCCCN(CC(=O)N1c2ccccc2-n2cccc2C1c1ccc(C)cc1)C(=O)c1ccc(Cl)cc1. The van der Waals surface area contributed by atoms with Gasteiger partial charge in [0, 0.05) is 23.3 Å². The van der Waals surface area contributed by atoms with Crippen molar-refractivity contribution in [1.82, 2.24) is 9.47 Å². The lowest BCUT2D eigenvalue weighted by molar-refractivity contribution is -0.119. The number of carbonyl (C=O) groups is 2. The van der Waals surface area contributed by atoms with Crippen molar-refractivity contribution in [1.29, 1.82) is 0 Å². The molecule has 2 heterocycles. The van der Waals surface area contributed by atoms with Crippen LogP contribution < -0.4 is 4.90 Å². The van der Waals surface area contributed by atoms with Gasteiger partial charge >= 0.3 is 0 Å². The number of unbranched alkanes of at least 4 members (excludes halogenated alkanes) is 1. The summed E-state index contributed by atoms with van der Waals surface area (Å²) in [5, 5.41) is 0.571. The highest BCUT2D eigenvalue weighted by Gasteiger charge is 2.37. The Morgan fingerprint density at radius 3 is 2.30 bits per heavy atom. The molecule has 1 unspecified atom stereocenters. The summed E-state index contributed by atoms with van der Waals surface area (Å²) >= 11 is 6.04. The Hall–Kier alpha value is -3.83. The van der Waals surface area contributed by atoms with E-state index in [9.17, 15) is 9.59 Å². The molecular weight excluding hydrogens is 482 g/mol. The number of hydrogen-bond acceptors (Lipinski definition) is 2. The number of anilines is 1. The van der Waals surface area contributed by atoms with Gasteiger partial charge in [-0.2, -0.15) is 0 Å². The van der Waals surface area contributed by atoms with Crippen LogP contribution in [0.2, 0.25) is 5.02 Å². The van der Waals surface area contributed by atoms with E-state index in [2.05, 4.69) is 48.7 Å². The molecule has 2 amide bonds. The van der Waals surface area contributed by atoms with Crippen LogP contribution in [0.4, 0.5) is 5.69 Å². The van der Waals surface area contributed by atoms with Crippen molar-refractivity contribution < 1.29 is 9.59 Å². The minimum absolute atomic E-state index is 0.0150. The third-order valence-corrected chi connectivity index (χ3v) is 7.12. The molecule has 0 radical (unpaired) electrons. The normalized spacial score (nSPS) is 14.1. The summed E-state index contributed by atoms with van der Waals surface area (Å²) < 4.78 is 2.15. The van der Waals surface area contributed by atoms with Gasteiger partial charge in [0.25, 0.3) is 5.91 Å². The third kappa shape index (κ3) is 4.92. The fraction of sp³-hybridized carbons (Fsp3) is 0.226. The number of carbonyl (C=O) groups excluding carboxylic acids is 2. The summed E-state index contributed by atoms with van der Waals surface area (Å²) in [5.74, 6) is -0.289. The Kier molecular flexibility index (Phi) is 7.15. The number of benzene rings is 3. The number of para-hydroxylation sites is 2. The maximum atomic E-state index is 14.2. The molecule has 0 fully saturated rings. The molecule has 188 valence electrons. The highest BCUT2D eigenvalue weighted by atomic mass is 35.5. The largest absolute Gasteiger partial charge is 0.329 e. The number of hydrogen-bond donors (Lipinski definition) is 0. The van der Waals surface area contributed by atoms with Gasteiger partial charge in [-0.05, 0) is 67.4 Å². The van der Waals surface area contributed by atoms with Crippen molar-refractivity contribution in [3.05, 3.63) is 119 Å². The fourth-order valence-electron chi connectivity index (χ4n) is 4.94. The number of aromatic nitrogens is 1. The number of rotatable bonds is 7. The maximum Gasteiger partial charge on any atom is 0.254 e. The Balaban J connectivity index is 1.55. The van der Waals surface area contributed by atoms with Crippen molar-refractivity contribution in [2.45, 2.75) is 32.7 Å². The molecule has 4 aromatic rings. The van der Waals surface area contributed by atoms with Gasteiger partial charge in [-0.1, -0.05) is 66.9 Å². The average Bonchev–Trinajstić information content (AvgIpc) is 3.41. The molecule has 0 spiro atoms. The average molecular weight is 512 g/mol. The topological polar surface area (TPSA) is 45.6 Å². The first-order chi connectivity index (χ1) is 18.0. The molecule has 0 N–H and O–H groups in total. The summed E-state index contributed by atoms with van der Waals surface area (Å²) in [7, 11) is 0. The Morgan fingerprint density at radius 1 is 0.892 bits per heavy atom. The van der Waals surface area contributed by atoms with Crippen LogP contribution in [0.1, 0.15) is 53.0 Å². The van der Waals surface area contributed by atoms with E-state index in [-0.39, 0.29) is 24.4 Å². The molecule has 0 saturated heterocycles. The number of nitrogens with zero attached hydrogens (tertiary/aromatic N) is 3. The van der Waals surface area contributed by atoms with Crippen LogP contribution in [0, 0.1) is 6.92 Å². The zero-order valence-corrected chi connectivity index (χ0v) is 21.9. The molecule has 5 nitrogen and oxygen atoms in total. The van der Waals surface area contributed by atoms with Gasteiger partial charge in [-0.3, -0.25) is 14.5 Å². The standard InChI is InChI=1S/C31H30ClN3O2/c1-3-4-19-33(31(37)24-15-17-25(32)18-16-24)21-29(36)35-27-9-6-5-8-26(27)34-20-7-10-28(34)30(35)23-13-11-22(2)12-14-23/h5-18,20,30H,3-4,19,21H2,1-2H3. The lowest BCUT2D eigenvalue weighted by atomic mass is 9.97. The minimum Gasteiger partial charge on any atom is -0.329 e. The monoisotopic (exact) mass is 511 g/mol. The molecular formula is C31H30ClN3O2. The van der Waals surface area contributed by atoms with E-state index >= 15 is 0 Å². The van der Waals surface area contributed by atoms with Gasteiger partial charge in [-0.25, -0.2) is 0 Å². The van der Waals surface area contributed by atoms with Crippen LogP contribution in [-0.4, -0.2) is 34.4 Å². The third-order valence-electron chi connectivity index (χ3n) is 6.87. The highest BCUT2D eigenvalue weighted by molar-refractivity contribution is 6.30. The minimum atomic E-state index is -0.309. The van der Waals surface area contributed by atoms with Crippen molar-refractivity contribution in [2.75, 3.05) is 18.0 Å². The Bertz CT molecular complexity index is 1410. The quantitative estimate of drug-likeness (QED) is 0.273.